The highest BCUT2D eigenvalue weighted by Gasteiger charge is 2.17. The van der Waals surface area contributed by atoms with Gasteiger partial charge in [0.1, 0.15) is 16.6 Å². The van der Waals surface area contributed by atoms with Gasteiger partial charge in [0.15, 0.2) is 0 Å². The third kappa shape index (κ3) is 4.84. The molecule has 156 valence electrons. The van der Waals surface area contributed by atoms with Gasteiger partial charge in [0, 0.05) is 28.6 Å². The SMILES string of the molecule is CCC(=O)Nc1cc(-c2sc(-c3ccc(SC)cc3)nc2-c2ccc(F)cc2)ccn1. The lowest BCUT2D eigenvalue weighted by Crippen LogP contribution is -2.10. The molecule has 2 aromatic heterocycles. The van der Waals surface area contributed by atoms with Gasteiger partial charge in [-0.15, -0.1) is 23.1 Å². The molecule has 2 heterocycles. The summed E-state index contributed by atoms with van der Waals surface area (Å²) in [4.78, 5) is 23.1. The summed E-state index contributed by atoms with van der Waals surface area (Å²) in [5, 5.41) is 3.67. The minimum atomic E-state index is -0.290. The van der Waals surface area contributed by atoms with Crippen LogP contribution in [0, 0.1) is 5.82 Å². The predicted octanol–water partition coefficient (Wildman–Crippen LogP) is 6.75. The Bertz CT molecular complexity index is 1200. The molecule has 4 aromatic rings. The van der Waals surface area contributed by atoms with Crippen LogP contribution in [0.1, 0.15) is 13.3 Å². The summed E-state index contributed by atoms with van der Waals surface area (Å²) in [7, 11) is 0. The van der Waals surface area contributed by atoms with Crippen molar-refractivity contribution in [3.8, 4) is 32.3 Å². The molecule has 31 heavy (non-hydrogen) atoms. The topological polar surface area (TPSA) is 54.9 Å². The Morgan fingerprint density at radius 1 is 1.03 bits per heavy atom. The van der Waals surface area contributed by atoms with Gasteiger partial charge in [0.25, 0.3) is 0 Å². The predicted molar refractivity (Wildman–Crippen MR) is 127 cm³/mol. The molecule has 0 bridgehead atoms. The number of carbonyl (C=O) groups is 1. The molecule has 0 aliphatic heterocycles. The van der Waals surface area contributed by atoms with E-state index in [0.717, 1.165) is 32.3 Å². The summed E-state index contributed by atoms with van der Waals surface area (Å²) >= 11 is 3.25. The highest BCUT2D eigenvalue weighted by Crippen LogP contribution is 2.41. The molecule has 0 spiro atoms. The number of thiazole rings is 1. The normalized spacial score (nSPS) is 10.8. The number of benzene rings is 2. The molecule has 0 saturated heterocycles. The fourth-order valence-electron chi connectivity index (χ4n) is 3.05. The summed E-state index contributed by atoms with van der Waals surface area (Å²) < 4.78 is 13.5. The molecule has 1 amide bonds. The number of nitrogens with one attached hydrogen (secondary N) is 1. The first-order valence-corrected chi connectivity index (χ1v) is 11.8. The molecule has 0 atom stereocenters. The smallest absolute Gasteiger partial charge is 0.225 e. The van der Waals surface area contributed by atoms with Gasteiger partial charge >= 0.3 is 0 Å². The lowest BCUT2D eigenvalue weighted by molar-refractivity contribution is -0.115. The summed E-state index contributed by atoms with van der Waals surface area (Å²) in [6.45, 7) is 1.80. The molecular weight excluding hydrogens is 429 g/mol. The molecule has 0 radical (unpaired) electrons. The number of rotatable bonds is 6. The number of nitrogens with zero attached hydrogens (tertiary/aromatic N) is 2. The number of hydrogen-bond donors (Lipinski definition) is 1. The van der Waals surface area contributed by atoms with E-state index in [1.807, 2.05) is 18.4 Å². The van der Waals surface area contributed by atoms with Crippen LogP contribution in [0.15, 0.2) is 71.8 Å². The van der Waals surface area contributed by atoms with E-state index >= 15 is 0 Å². The molecule has 0 aliphatic carbocycles. The number of halogens is 1. The average Bonchev–Trinajstić information content (AvgIpc) is 3.25. The van der Waals surface area contributed by atoms with E-state index in [1.165, 1.54) is 17.0 Å². The van der Waals surface area contributed by atoms with Crippen molar-refractivity contribution in [2.45, 2.75) is 18.2 Å². The second-order valence-corrected chi connectivity index (χ2v) is 8.64. The number of aromatic nitrogens is 2. The maximum absolute atomic E-state index is 13.5. The van der Waals surface area contributed by atoms with Gasteiger partial charge in [-0.3, -0.25) is 4.79 Å². The van der Waals surface area contributed by atoms with E-state index in [4.69, 9.17) is 4.98 Å². The quantitative estimate of drug-likeness (QED) is 0.331. The van der Waals surface area contributed by atoms with Crippen LogP contribution >= 0.6 is 23.1 Å². The lowest BCUT2D eigenvalue weighted by atomic mass is 10.1. The van der Waals surface area contributed by atoms with Gasteiger partial charge in [0.05, 0.1) is 10.6 Å². The van der Waals surface area contributed by atoms with Gasteiger partial charge in [0.2, 0.25) is 5.91 Å². The van der Waals surface area contributed by atoms with E-state index in [1.54, 1.807) is 48.4 Å². The van der Waals surface area contributed by atoms with Crippen LogP contribution < -0.4 is 5.32 Å². The third-order valence-electron chi connectivity index (χ3n) is 4.69. The Morgan fingerprint density at radius 3 is 2.42 bits per heavy atom. The zero-order valence-corrected chi connectivity index (χ0v) is 18.7. The van der Waals surface area contributed by atoms with Gasteiger partial charge < -0.3 is 5.32 Å². The second kappa shape index (κ2) is 9.41. The monoisotopic (exact) mass is 449 g/mol. The Kier molecular flexibility index (Phi) is 6.44. The third-order valence-corrected chi connectivity index (χ3v) is 6.59. The van der Waals surface area contributed by atoms with Crippen molar-refractivity contribution >= 4 is 34.8 Å². The first-order chi connectivity index (χ1) is 15.1. The number of thioether (sulfide) groups is 1. The van der Waals surface area contributed by atoms with Crippen LogP contribution in [0.4, 0.5) is 10.2 Å². The Balaban J connectivity index is 1.81. The minimum absolute atomic E-state index is 0.0951. The Morgan fingerprint density at radius 2 is 1.74 bits per heavy atom. The van der Waals surface area contributed by atoms with Gasteiger partial charge in [-0.1, -0.05) is 19.1 Å². The molecule has 0 saturated carbocycles. The fraction of sp³-hybridized carbons (Fsp3) is 0.125. The van der Waals surface area contributed by atoms with Crippen LogP contribution in [0.25, 0.3) is 32.3 Å². The molecule has 2 aromatic carbocycles. The molecular formula is C24H20FN3OS2. The van der Waals surface area contributed by atoms with E-state index in [0.29, 0.717) is 12.2 Å². The molecule has 0 fully saturated rings. The van der Waals surface area contributed by atoms with E-state index in [9.17, 15) is 9.18 Å². The van der Waals surface area contributed by atoms with Crippen molar-refractivity contribution in [3.05, 3.63) is 72.7 Å². The van der Waals surface area contributed by atoms with E-state index < -0.39 is 0 Å². The maximum Gasteiger partial charge on any atom is 0.225 e. The molecule has 4 nitrogen and oxygen atoms in total. The van der Waals surface area contributed by atoms with Crippen molar-refractivity contribution in [2.24, 2.45) is 0 Å². The van der Waals surface area contributed by atoms with Crippen molar-refractivity contribution in [3.63, 3.8) is 0 Å². The number of pyridine rings is 1. The van der Waals surface area contributed by atoms with Gasteiger partial charge in [-0.2, -0.15) is 0 Å². The van der Waals surface area contributed by atoms with Crippen LogP contribution in [-0.2, 0) is 4.79 Å². The number of hydrogen-bond acceptors (Lipinski definition) is 5. The summed E-state index contributed by atoms with van der Waals surface area (Å²) in [5.41, 5.74) is 3.51. The Hall–Kier alpha value is -3.03. The summed E-state index contributed by atoms with van der Waals surface area (Å²) in [6, 6.07) is 18.3. The van der Waals surface area contributed by atoms with Crippen LogP contribution in [0.2, 0.25) is 0 Å². The molecule has 4 rings (SSSR count). The van der Waals surface area contributed by atoms with Gasteiger partial charge in [-0.05, 0) is 60.4 Å². The largest absolute Gasteiger partial charge is 0.311 e. The summed E-state index contributed by atoms with van der Waals surface area (Å²) in [6.07, 6.45) is 4.09. The first-order valence-electron chi connectivity index (χ1n) is 9.75. The molecule has 1 N–H and O–H groups in total. The zero-order valence-electron chi connectivity index (χ0n) is 17.1. The van der Waals surface area contributed by atoms with Crippen molar-refractivity contribution in [1.82, 2.24) is 9.97 Å². The van der Waals surface area contributed by atoms with E-state index in [-0.39, 0.29) is 11.7 Å². The highest BCUT2D eigenvalue weighted by molar-refractivity contribution is 7.98. The molecule has 0 unspecified atom stereocenters. The van der Waals surface area contributed by atoms with Crippen molar-refractivity contribution in [2.75, 3.05) is 11.6 Å². The average molecular weight is 450 g/mol. The number of anilines is 1. The summed E-state index contributed by atoms with van der Waals surface area (Å²) in [5.74, 6) is 0.109. The number of carbonyl (C=O) groups excluding carboxylic acids is 1. The van der Waals surface area contributed by atoms with E-state index in [2.05, 4.69) is 34.6 Å². The standard InChI is InChI=1S/C24H20FN3OS2/c1-3-21(29)27-20-14-17(12-13-26-20)23-22(15-4-8-18(25)9-5-15)28-24(31-23)16-6-10-19(30-2)11-7-16/h4-14H,3H2,1-2H3,(H,26,27,29). The fourth-order valence-corrected chi connectivity index (χ4v) is 4.55. The maximum atomic E-state index is 13.5. The van der Waals surface area contributed by atoms with Crippen LogP contribution in [0.5, 0.6) is 0 Å². The molecule has 0 aliphatic rings. The first kappa shape index (κ1) is 21.2. The highest BCUT2D eigenvalue weighted by atomic mass is 32.2. The second-order valence-electron chi connectivity index (χ2n) is 6.76. The van der Waals surface area contributed by atoms with Crippen LogP contribution in [0.3, 0.4) is 0 Å². The van der Waals surface area contributed by atoms with Crippen molar-refractivity contribution < 1.29 is 9.18 Å². The van der Waals surface area contributed by atoms with Crippen molar-refractivity contribution in [1.29, 1.82) is 0 Å². The minimum Gasteiger partial charge on any atom is -0.311 e. The molecule has 7 heteroatoms. The Labute approximate surface area is 188 Å². The van der Waals surface area contributed by atoms with Gasteiger partial charge in [-0.25, -0.2) is 14.4 Å². The lowest BCUT2D eigenvalue weighted by Gasteiger charge is -2.06. The van der Waals surface area contributed by atoms with Crippen LogP contribution in [-0.4, -0.2) is 22.1 Å². The zero-order chi connectivity index (χ0) is 21.8. The number of amides is 1.